The van der Waals surface area contributed by atoms with Crippen LogP contribution in [0.5, 0.6) is 23.0 Å². The number of benzene rings is 11. The van der Waals surface area contributed by atoms with Crippen molar-refractivity contribution in [2.75, 3.05) is 19.6 Å². The molecule has 11 aromatic rings. The molecule has 0 fully saturated rings. The van der Waals surface area contributed by atoms with Crippen LogP contribution in [0.15, 0.2) is 194 Å². The third-order valence-electron chi connectivity index (χ3n) is 18.7. The van der Waals surface area contributed by atoms with Gasteiger partial charge in [-0.15, -0.1) is 0 Å². The van der Waals surface area contributed by atoms with E-state index in [1.54, 1.807) is 0 Å². The molecule has 4 aliphatic rings. The minimum absolute atomic E-state index is 0.164. The van der Waals surface area contributed by atoms with Gasteiger partial charge < -0.3 is 29.1 Å². The zero-order valence-corrected chi connectivity index (χ0v) is 51.2. The van der Waals surface area contributed by atoms with Crippen molar-refractivity contribution in [1.29, 1.82) is 0 Å². The van der Waals surface area contributed by atoms with Crippen LogP contribution in [0.2, 0.25) is 0 Å². The molecule has 0 amide bonds. The minimum Gasteiger partial charge on any atom is -0.457 e. The fourth-order valence-electron chi connectivity index (χ4n) is 15.3. The summed E-state index contributed by atoms with van der Waals surface area (Å²) in [6.07, 6.45) is 0. The van der Waals surface area contributed by atoms with Gasteiger partial charge in [-0.3, -0.25) is 0 Å². The lowest BCUT2D eigenvalue weighted by Gasteiger charge is -2.48. The van der Waals surface area contributed by atoms with Crippen molar-refractivity contribution in [3.05, 3.63) is 261 Å². The summed E-state index contributed by atoms with van der Waals surface area (Å²) in [5.74, 6) is 3.31. The maximum Gasteiger partial charge on any atom is 0.252 e. The van der Waals surface area contributed by atoms with Crippen LogP contribution in [0, 0.1) is 83.1 Å². The van der Waals surface area contributed by atoms with Gasteiger partial charge in [-0.1, -0.05) is 151 Å². The average molecular weight is 1120 g/mol. The van der Waals surface area contributed by atoms with Gasteiger partial charge in [0.2, 0.25) is 0 Å². The van der Waals surface area contributed by atoms with Crippen molar-refractivity contribution in [2.45, 2.75) is 83.1 Å². The summed E-state index contributed by atoms with van der Waals surface area (Å²) in [5, 5.41) is 0. The SMILES string of the molecule is Cc1cc(C)c(N2c3ccccc3B3c4cc5c(cc4N(c4ccccc4C)c4cc(Oc6c(C)cccc6C)cc2c43)N(c2ccccc2C)c2cc(Oc3c(C)cccc3C)cc3c2B5c2ccccc2N3c2c(C)cc(C)cc2C)c(C)c1. The molecule has 4 aliphatic heterocycles. The Morgan fingerprint density at radius 2 is 0.558 bits per heavy atom. The first kappa shape index (κ1) is 53.1. The molecule has 11 aromatic carbocycles. The van der Waals surface area contributed by atoms with E-state index in [0.717, 1.165) is 102 Å². The first-order valence-electron chi connectivity index (χ1n) is 30.3. The Bertz CT molecular complexity index is 4320. The summed E-state index contributed by atoms with van der Waals surface area (Å²) in [7, 11) is 0. The Morgan fingerprint density at radius 3 is 0.919 bits per heavy atom. The number of aryl methyl sites for hydroxylation is 12. The first-order chi connectivity index (χ1) is 41.6. The van der Waals surface area contributed by atoms with E-state index < -0.39 is 0 Å². The van der Waals surface area contributed by atoms with Crippen LogP contribution in [0.4, 0.5) is 68.2 Å². The molecule has 0 aliphatic carbocycles. The highest BCUT2D eigenvalue weighted by atomic mass is 16.5. The van der Waals surface area contributed by atoms with Crippen LogP contribution in [-0.4, -0.2) is 13.4 Å². The number of nitrogens with zero attached hydrogens (tertiary/aromatic N) is 4. The zero-order chi connectivity index (χ0) is 59.1. The van der Waals surface area contributed by atoms with Crippen molar-refractivity contribution in [1.82, 2.24) is 0 Å². The minimum atomic E-state index is -0.164. The van der Waals surface area contributed by atoms with E-state index in [2.05, 4.69) is 297 Å². The number of fused-ring (bicyclic) bond motifs is 8. The van der Waals surface area contributed by atoms with E-state index in [0.29, 0.717) is 0 Å². The summed E-state index contributed by atoms with van der Waals surface area (Å²) < 4.78 is 14.6. The topological polar surface area (TPSA) is 31.4 Å². The quantitative estimate of drug-likeness (QED) is 0.141. The van der Waals surface area contributed by atoms with Gasteiger partial charge in [0, 0.05) is 81.1 Å². The Morgan fingerprint density at radius 1 is 0.244 bits per heavy atom. The van der Waals surface area contributed by atoms with Gasteiger partial charge in [-0.25, -0.2) is 0 Å². The molecular formula is C78H68B2N4O2. The summed E-state index contributed by atoms with van der Waals surface area (Å²) in [4.78, 5) is 10.2. The second kappa shape index (κ2) is 20.0. The normalized spacial score (nSPS) is 13.2. The molecule has 0 aromatic heterocycles. The van der Waals surface area contributed by atoms with Crippen LogP contribution < -0.4 is 61.9 Å². The second-order valence-corrected chi connectivity index (χ2v) is 24.8. The molecule has 4 heterocycles. The van der Waals surface area contributed by atoms with E-state index in [1.807, 2.05) is 0 Å². The van der Waals surface area contributed by atoms with Crippen molar-refractivity contribution < 1.29 is 9.47 Å². The monoisotopic (exact) mass is 1110 g/mol. The van der Waals surface area contributed by atoms with Crippen LogP contribution in [0.3, 0.4) is 0 Å². The zero-order valence-electron chi connectivity index (χ0n) is 51.2. The predicted molar refractivity (Wildman–Crippen MR) is 364 cm³/mol. The highest BCUT2D eigenvalue weighted by molar-refractivity contribution is 7.03. The number of hydrogen-bond donors (Lipinski definition) is 0. The summed E-state index contributed by atoms with van der Waals surface area (Å²) in [6.45, 7) is 26.2. The van der Waals surface area contributed by atoms with E-state index in [4.69, 9.17) is 9.47 Å². The van der Waals surface area contributed by atoms with Crippen molar-refractivity contribution in [2.24, 2.45) is 0 Å². The van der Waals surface area contributed by atoms with Gasteiger partial charge >= 0.3 is 0 Å². The van der Waals surface area contributed by atoms with Crippen molar-refractivity contribution in [3.8, 4) is 23.0 Å². The Labute approximate surface area is 507 Å². The van der Waals surface area contributed by atoms with Gasteiger partial charge in [0.05, 0.1) is 11.4 Å². The summed E-state index contributed by atoms with van der Waals surface area (Å²) in [6, 6.07) is 72.8. The van der Waals surface area contributed by atoms with Gasteiger partial charge in [0.25, 0.3) is 13.4 Å². The van der Waals surface area contributed by atoms with Crippen molar-refractivity contribution in [3.63, 3.8) is 0 Å². The largest absolute Gasteiger partial charge is 0.457 e. The summed E-state index contributed by atoms with van der Waals surface area (Å²) in [5.41, 5.74) is 35.2. The standard InChI is InChI=1S/C78H68B2N4O2/c1-45-35-53(9)75(54(10)36-45)83-65-33-19-15-29-59(65)79-61-43-62-68(44-67(61)81(63-31-17-13-23-47(63)3)69-39-57(41-71(83)73(69)79)85-77-49(5)25-21-26-50(77)6)82(64-32-18-14-24-48(64)4)70-40-58(86-78-51(7)27-22-28-52(78)8)42-72-74(70)80(62)60-30-16-20-34-66(60)84(72)76-55(11)37-46(2)38-56(76)12/h13-44H,1-12H3. The lowest BCUT2D eigenvalue weighted by atomic mass is 9.30. The van der Waals surface area contributed by atoms with E-state index in [-0.39, 0.29) is 13.4 Å². The van der Waals surface area contributed by atoms with E-state index in [9.17, 15) is 0 Å². The fourth-order valence-corrected chi connectivity index (χ4v) is 15.3. The number of hydrogen-bond acceptors (Lipinski definition) is 6. The highest BCUT2D eigenvalue weighted by Gasteiger charge is 2.49. The van der Waals surface area contributed by atoms with Gasteiger partial charge in [-0.2, -0.15) is 0 Å². The number of para-hydroxylation sites is 6. The number of anilines is 12. The lowest BCUT2D eigenvalue weighted by molar-refractivity contribution is 0.475. The van der Waals surface area contributed by atoms with Crippen LogP contribution in [-0.2, 0) is 0 Å². The molecule has 0 atom stereocenters. The fraction of sp³-hybridized carbons (Fsp3) is 0.154. The Hall–Kier alpha value is -9.65. The molecule has 0 radical (unpaired) electrons. The molecule has 15 rings (SSSR count). The third kappa shape index (κ3) is 8.09. The van der Waals surface area contributed by atoms with Crippen LogP contribution in [0.25, 0.3) is 0 Å². The molecule has 6 nitrogen and oxygen atoms in total. The van der Waals surface area contributed by atoms with Gasteiger partial charge in [0.1, 0.15) is 23.0 Å². The first-order valence-corrected chi connectivity index (χ1v) is 30.3. The molecular weight excluding hydrogens is 1050 g/mol. The Kier molecular flexibility index (Phi) is 12.3. The number of rotatable bonds is 8. The lowest BCUT2D eigenvalue weighted by Crippen LogP contribution is -2.65. The smallest absolute Gasteiger partial charge is 0.252 e. The molecule has 0 spiro atoms. The highest BCUT2D eigenvalue weighted by Crippen LogP contribution is 2.53. The average Bonchev–Trinajstić information content (AvgIpc) is 0.695. The van der Waals surface area contributed by atoms with Crippen LogP contribution >= 0.6 is 0 Å². The third-order valence-corrected chi connectivity index (χ3v) is 18.7. The predicted octanol–water partition coefficient (Wildman–Crippen LogP) is 17.1. The molecule has 0 bridgehead atoms. The van der Waals surface area contributed by atoms with E-state index in [1.165, 1.54) is 88.7 Å². The molecule has 0 saturated carbocycles. The maximum atomic E-state index is 7.31. The number of ether oxygens (including phenoxy) is 2. The molecule has 418 valence electrons. The molecule has 0 unspecified atom stereocenters. The second-order valence-electron chi connectivity index (χ2n) is 24.8. The molecule has 86 heavy (non-hydrogen) atoms. The maximum absolute atomic E-state index is 7.31. The Balaban J connectivity index is 1.08. The van der Waals surface area contributed by atoms with Crippen molar-refractivity contribution >= 4 is 114 Å². The molecule has 0 saturated heterocycles. The van der Waals surface area contributed by atoms with Gasteiger partial charge in [0.15, 0.2) is 0 Å². The molecule has 8 heteroatoms. The summed E-state index contributed by atoms with van der Waals surface area (Å²) >= 11 is 0. The molecule has 0 N–H and O–H groups in total. The van der Waals surface area contributed by atoms with Gasteiger partial charge in [-0.05, 0) is 202 Å². The van der Waals surface area contributed by atoms with Crippen LogP contribution in [0.1, 0.15) is 66.8 Å². The van der Waals surface area contributed by atoms with E-state index >= 15 is 0 Å².